The lowest BCUT2D eigenvalue weighted by Crippen LogP contribution is -2.71. The first kappa shape index (κ1) is 30.6. The van der Waals surface area contributed by atoms with Crippen LogP contribution < -0.4 is 15.4 Å². The van der Waals surface area contributed by atoms with Gasteiger partial charge in [-0.3, -0.25) is 34.5 Å². The zero-order valence-electron chi connectivity index (χ0n) is 23.0. The lowest BCUT2D eigenvalue weighted by Gasteiger charge is -2.49. The number of amides is 3. The molecule has 4 N–H and O–H groups in total. The number of carboxylic acids is 1. The molecule has 0 spiro atoms. The zero-order valence-corrected chi connectivity index (χ0v) is 24.6. The highest BCUT2D eigenvalue weighted by molar-refractivity contribution is 8.01. The Balaban J connectivity index is 1.27. The molecule has 3 heterocycles. The van der Waals surface area contributed by atoms with Crippen molar-refractivity contribution >= 4 is 52.9 Å². The third-order valence-electron chi connectivity index (χ3n) is 6.62. The molecule has 3 atom stereocenters. The van der Waals surface area contributed by atoms with Gasteiger partial charge < -0.3 is 20.5 Å². The Hall–Kier alpha value is -4.90. The van der Waals surface area contributed by atoms with E-state index in [4.69, 9.17) is 4.74 Å². The van der Waals surface area contributed by atoms with Crippen molar-refractivity contribution in [2.75, 3.05) is 18.1 Å². The molecular formula is C27H25N7O8S2. The second-order valence-electron chi connectivity index (χ2n) is 9.57. The van der Waals surface area contributed by atoms with Crippen LogP contribution in [-0.2, 0) is 19.2 Å². The monoisotopic (exact) mass is 639 g/mol. The molecule has 2 aliphatic heterocycles. The molecule has 17 heteroatoms. The molecule has 0 saturated carbocycles. The van der Waals surface area contributed by atoms with Gasteiger partial charge in [-0.1, -0.05) is 54.2 Å². The van der Waals surface area contributed by atoms with Crippen molar-refractivity contribution in [1.29, 1.82) is 0 Å². The predicted molar refractivity (Wildman–Crippen MR) is 157 cm³/mol. The van der Waals surface area contributed by atoms with E-state index in [1.54, 1.807) is 37.3 Å². The summed E-state index contributed by atoms with van der Waals surface area (Å²) in [6, 6.07) is 11.6. The average molecular weight is 640 g/mol. The van der Waals surface area contributed by atoms with Crippen LogP contribution in [0.2, 0.25) is 0 Å². The Morgan fingerprint density at radius 1 is 1.23 bits per heavy atom. The summed E-state index contributed by atoms with van der Waals surface area (Å²) < 4.78 is 5.35. The maximum Gasteiger partial charge on any atom is 0.352 e. The number of H-pyrrole nitrogens is 1. The third kappa shape index (κ3) is 6.52. The number of aromatic nitrogens is 3. The Labute approximate surface area is 258 Å². The molecule has 1 unspecified atom stereocenters. The van der Waals surface area contributed by atoms with Crippen LogP contribution in [0.3, 0.4) is 0 Å². The Bertz CT molecular complexity index is 1650. The minimum atomic E-state index is -1.26. The molecular weight excluding hydrogens is 614 g/mol. The van der Waals surface area contributed by atoms with Crippen LogP contribution in [0.25, 0.3) is 0 Å². The summed E-state index contributed by atoms with van der Waals surface area (Å²) in [7, 11) is 0. The van der Waals surface area contributed by atoms with Gasteiger partial charge in [0.15, 0.2) is 12.4 Å². The topological polar surface area (TPSA) is 210 Å². The minimum absolute atomic E-state index is 0.112. The number of nitrogens with zero attached hydrogens (tertiary/aromatic N) is 4. The Kier molecular flexibility index (Phi) is 9.15. The molecule has 15 nitrogen and oxygen atoms in total. The van der Waals surface area contributed by atoms with Crippen molar-refractivity contribution in [3.05, 3.63) is 87.4 Å². The maximum absolute atomic E-state index is 13.5. The number of para-hydroxylation sites is 2. The van der Waals surface area contributed by atoms with Gasteiger partial charge >= 0.3 is 11.7 Å². The number of aryl methyl sites for hydroxylation is 1. The smallest absolute Gasteiger partial charge is 0.352 e. The van der Waals surface area contributed by atoms with E-state index in [9.17, 15) is 34.4 Å². The fourth-order valence-corrected chi connectivity index (χ4v) is 6.92. The van der Waals surface area contributed by atoms with Crippen LogP contribution in [0.5, 0.6) is 5.75 Å². The number of rotatable bonds is 12. The van der Waals surface area contributed by atoms with Crippen LogP contribution in [0.1, 0.15) is 17.4 Å². The van der Waals surface area contributed by atoms with Gasteiger partial charge in [-0.05, 0) is 24.1 Å². The van der Waals surface area contributed by atoms with Crippen LogP contribution >= 0.6 is 23.5 Å². The molecule has 44 heavy (non-hydrogen) atoms. The van der Waals surface area contributed by atoms with Crippen molar-refractivity contribution in [2.24, 2.45) is 0 Å². The molecule has 5 rings (SSSR count). The Morgan fingerprint density at radius 3 is 2.64 bits per heavy atom. The standard InChI is InChI=1S/C27H25N7O8S2/c1-14-28-27(32-31-14)44-13-16-12-43-25-21(24(37)33(25)22(16)26(38)39)30-23(36)20(15-7-3-2-4-8-15)29-19(35)11-42-18-10-6-5-9-17(18)34(40)41/h2-10,20-21,25H,11-13H2,1H3,(H,29,35)(H,30,36)(H,38,39)(H,28,31,32)/t20-,21?,25-/m0/s1. The third-order valence-corrected chi connectivity index (χ3v) is 8.89. The fraction of sp³-hybridized carbons (Fsp3) is 0.259. The number of carbonyl (C=O) groups excluding carboxylic acids is 3. The fourth-order valence-electron chi connectivity index (χ4n) is 4.59. The van der Waals surface area contributed by atoms with E-state index >= 15 is 0 Å². The number of nitrogens with one attached hydrogen (secondary N) is 3. The van der Waals surface area contributed by atoms with Gasteiger partial charge in [0.2, 0.25) is 11.1 Å². The SMILES string of the molecule is Cc1nc(SCC2=C(C(=O)O)N3C(=O)C(NC(=O)[C@@H](NC(=O)COc4ccccc4[N+](=O)[O-])c4ccccc4)[C@@H]3SC2)n[nH]1. The molecule has 1 saturated heterocycles. The van der Waals surface area contributed by atoms with E-state index in [0.717, 1.165) is 4.90 Å². The molecule has 1 aromatic heterocycles. The van der Waals surface area contributed by atoms with Crippen molar-refractivity contribution in [3.8, 4) is 5.75 Å². The van der Waals surface area contributed by atoms with Crippen LogP contribution in [0.15, 0.2) is 71.0 Å². The first-order valence-corrected chi connectivity index (χ1v) is 15.1. The van der Waals surface area contributed by atoms with Gasteiger partial charge in [-0.2, -0.15) is 0 Å². The minimum Gasteiger partial charge on any atom is -0.477 e. The number of ether oxygens (including phenoxy) is 1. The highest BCUT2D eigenvalue weighted by Crippen LogP contribution is 2.41. The van der Waals surface area contributed by atoms with Crippen molar-refractivity contribution in [2.45, 2.75) is 29.5 Å². The van der Waals surface area contributed by atoms with E-state index in [-0.39, 0.29) is 22.9 Å². The number of β-lactam (4-membered cyclic amide) rings is 1. The number of fused-ring (bicyclic) bond motifs is 1. The van der Waals surface area contributed by atoms with E-state index in [0.29, 0.717) is 27.9 Å². The van der Waals surface area contributed by atoms with Gasteiger partial charge in [-0.25, -0.2) is 9.78 Å². The molecule has 3 amide bonds. The number of carbonyl (C=O) groups is 4. The van der Waals surface area contributed by atoms with E-state index in [1.165, 1.54) is 47.8 Å². The normalized spacial score (nSPS) is 18.1. The highest BCUT2D eigenvalue weighted by atomic mass is 32.2. The largest absolute Gasteiger partial charge is 0.477 e. The number of carboxylic acid groups (broad SMARTS) is 1. The number of nitro benzene ring substituents is 1. The quantitative estimate of drug-likeness (QED) is 0.0967. The number of thioether (sulfide) groups is 2. The molecule has 0 radical (unpaired) electrons. The highest BCUT2D eigenvalue weighted by Gasteiger charge is 2.54. The summed E-state index contributed by atoms with van der Waals surface area (Å²) in [6.45, 7) is 1.13. The summed E-state index contributed by atoms with van der Waals surface area (Å²) in [5.74, 6) is -2.22. The number of nitro groups is 1. The van der Waals surface area contributed by atoms with Gasteiger partial charge in [0.25, 0.3) is 11.8 Å². The first-order valence-electron chi connectivity index (χ1n) is 13.1. The first-order chi connectivity index (χ1) is 21.1. The average Bonchev–Trinajstić information content (AvgIpc) is 3.44. The molecule has 3 aromatic rings. The van der Waals surface area contributed by atoms with E-state index in [1.807, 2.05) is 0 Å². The van der Waals surface area contributed by atoms with Crippen molar-refractivity contribution in [1.82, 2.24) is 30.7 Å². The summed E-state index contributed by atoms with van der Waals surface area (Å²) in [6.07, 6.45) is 0. The van der Waals surface area contributed by atoms with Gasteiger partial charge in [0, 0.05) is 17.6 Å². The molecule has 2 aliphatic rings. The van der Waals surface area contributed by atoms with Gasteiger partial charge in [-0.15, -0.1) is 16.9 Å². The van der Waals surface area contributed by atoms with Crippen molar-refractivity contribution in [3.63, 3.8) is 0 Å². The number of hydrogen-bond donors (Lipinski definition) is 4. The summed E-state index contributed by atoms with van der Waals surface area (Å²) in [5, 5.41) is 33.0. The van der Waals surface area contributed by atoms with E-state index < -0.39 is 52.7 Å². The summed E-state index contributed by atoms with van der Waals surface area (Å²) in [4.78, 5) is 67.7. The van der Waals surface area contributed by atoms with Crippen LogP contribution in [0, 0.1) is 17.0 Å². The lowest BCUT2D eigenvalue weighted by molar-refractivity contribution is -0.385. The number of aromatic amines is 1. The molecule has 228 valence electrons. The molecule has 1 fully saturated rings. The number of benzene rings is 2. The van der Waals surface area contributed by atoms with Gasteiger partial charge in [0.1, 0.15) is 29.0 Å². The Morgan fingerprint density at radius 2 is 1.95 bits per heavy atom. The van der Waals surface area contributed by atoms with Crippen molar-refractivity contribution < 1.29 is 33.9 Å². The summed E-state index contributed by atoms with van der Waals surface area (Å²) >= 11 is 2.55. The second kappa shape index (κ2) is 13.2. The van der Waals surface area contributed by atoms with Gasteiger partial charge in [0.05, 0.1) is 4.92 Å². The maximum atomic E-state index is 13.5. The molecule has 2 aromatic carbocycles. The molecule has 0 aliphatic carbocycles. The van der Waals surface area contributed by atoms with Crippen LogP contribution in [0.4, 0.5) is 5.69 Å². The zero-order chi connectivity index (χ0) is 31.4. The van der Waals surface area contributed by atoms with E-state index in [2.05, 4.69) is 25.8 Å². The molecule has 0 bridgehead atoms. The second-order valence-corrected chi connectivity index (χ2v) is 11.6. The lowest BCUT2D eigenvalue weighted by atomic mass is 10.0. The van der Waals surface area contributed by atoms with Crippen LogP contribution in [-0.4, -0.2) is 83.3 Å². The number of aliphatic carboxylic acids is 1. The predicted octanol–water partition coefficient (Wildman–Crippen LogP) is 1.79. The number of hydrogen-bond acceptors (Lipinski definition) is 11. The summed E-state index contributed by atoms with van der Waals surface area (Å²) in [5.41, 5.74) is 0.484.